The molecule has 0 aliphatic heterocycles. The van der Waals surface area contributed by atoms with Crippen LogP contribution in [0, 0.1) is 0 Å². The number of rotatable bonds is 5. The van der Waals surface area contributed by atoms with Crippen LogP contribution < -0.4 is 5.32 Å². The van der Waals surface area contributed by atoms with Gasteiger partial charge in [-0.2, -0.15) is 0 Å². The van der Waals surface area contributed by atoms with Crippen molar-refractivity contribution in [2.24, 2.45) is 0 Å². The molecule has 0 radical (unpaired) electrons. The minimum Gasteiger partial charge on any atom is -0.319 e. The van der Waals surface area contributed by atoms with Crippen LogP contribution in [0.4, 0.5) is 0 Å². The molecule has 0 bridgehead atoms. The lowest BCUT2D eigenvalue weighted by atomic mass is 10.1. The zero-order valence-corrected chi connectivity index (χ0v) is 10.3. The van der Waals surface area contributed by atoms with Gasteiger partial charge in [-0.1, -0.05) is 41.4 Å². The molecule has 3 heteroatoms. The van der Waals surface area contributed by atoms with Gasteiger partial charge in [0, 0.05) is 10.0 Å². The van der Waals surface area contributed by atoms with Crippen molar-refractivity contribution in [2.75, 3.05) is 13.6 Å². The smallest absolute Gasteiger partial charge is 0.0455 e. The fourth-order valence-electron chi connectivity index (χ4n) is 1.24. The van der Waals surface area contributed by atoms with Crippen molar-refractivity contribution in [1.29, 1.82) is 0 Å². The van der Waals surface area contributed by atoms with Crippen LogP contribution in [0.25, 0.3) is 0 Å². The zero-order chi connectivity index (χ0) is 11.1. The Kier molecular flexibility index (Phi) is 5.77. The predicted molar refractivity (Wildman–Crippen MR) is 67.8 cm³/mol. The van der Waals surface area contributed by atoms with Crippen LogP contribution >= 0.6 is 23.2 Å². The average Bonchev–Trinajstić information content (AvgIpc) is 2.20. The molecular weight excluding hydrogens is 229 g/mol. The van der Waals surface area contributed by atoms with Gasteiger partial charge < -0.3 is 5.32 Å². The molecule has 0 unspecified atom stereocenters. The summed E-state index contributed by atoms with van der Waals surface area (Å²) in [5.74, 6) is 0. The molecule has 0 fully saturated rings. The Balaban J connectivity index is 2.47. The van der Waals surface area contributed by atoms with Crippen molar-refractivity contribution < 1.29 is 0 Å². The number of nitrogens with one attached hydrogen (secondary N) is 1. The van der Waals surface area contributed by atoms with Gasteiger partial charge in [0.2, 0.25) is 0 Å². The van der Waals surface area contributed by atoms with Crippen molar-refractivity contribution in [3.05, 3.63) is 46.0 Å². The number of hydrogen-bond acceptors (Lipinski definition) is 1. The highest BCUT2D eigenvalue weighted by Gasteiger charge is 1.98. The highest BCUT2D eigenvalue weighted by molar-refractivity contribution is 6.35. The molecule has 1 aromatic carbocycles. The second-order valence-electron chi connectivity index (χ2n) is 3.30. The maximum absolute atomic E-state index is 6.04. The molecule has 1 aromatic rings. The van der Waals surface area contributed by atoms with E-state index in [4.69, 9.17) is 23.2 Å². The van der Waals surface area contributed by atoms with Gasteiger partial charge in [0.1, 0.15) is 0 Å². The van der Waals surface area contributed by atoms with Crippen LogP contribution in [0.5, 0.6) is 0 Å². The monoisotopic (exact) mass is 243 g/mol. The first-order chi connectivity index (χ1) is 7.24. The molecule has 1 rings (SSSR count). The Morgan fingerprint density at radius 1 is 1.27 bits per heavy atom. The highest BCUT2D eigenvalue weighted by Crippen LogP contribution is 2.21. The van der Waals surface area contributed by atoms with E-state index in [1.54, 1.807) is 6.07 Å². The maximum atomic E-state index is 6.04. The molecule has 1 N–H and O–H groups in total. The van der Waals surface area contributed by atoms with Crippen LogP contribution in [-0.2, 0) is 6.42 Å². The molecule has 0 aliphatic rings. The van der Waals surface area contributed by atoms with E-state index in [1.807, 2.05) is 19.2 Å². The number of hydrogen-bond donors (Lipinski definition) is 1. The Morgan fingerprint density at radius 2 is 2.07 bits per heavy atom. The van der Waals surface area contributed by atoms with Gasteiger partial charge in [-0.15, -0.1) is 0 Å². The summed E-state index contributed by atoms with van der Waals surface area (Å²) in [5, 5.41) is 4.51. The number of halogens is 2. The Hall–Kier alpha value is -0.500. The first-order valence-corrected chi connectivity index (χ1v) is 5.73. The summed E-state index contributed by atoms with van der Waals surface area (Å²) < 4.78 is 0. The third-order valence-electron chi connectivity index (χ3n) is 2.08. The molecule has 0 spiro atoms. The topological polar surface area (TPSA) is 12.0 Å². The summed E-state index contributed by atoms with van der Waals surface area (Å²) in [6.45, 7) is 1.00. The van der Waals surface area contributed by atoms with Gasteiger partial charge in [0.15, 0.2) is 0 Å². The molecule has 0 heterocycles. The summed E-state index contributed by atoms with van der Waals surface area (Å²) >= 11 is 11.8. The highest BCUT2D eigenvalue weighted by atomic mass is 35.5. The lowest BCUT2D eigenvalue weighted by molar-refractivity contribution is 0.806. The van der Waals surface area contributed by atoms with E-state index < -0.39 is 0 Å². The molecule has 0 atom stereocenters. The first kappa shape index (κ1) is 12.6. The normalized spacial score (nSPS) is 11.1. The SMILES string of the molecule is CNCCC=CCc1ccc(Cl)cc1Cl. The van der Waals surface area contributed by atoms with Crippen molar-refractivity contribution in [3.63, 3.8) is 0 Å². The minimum absolute atomic E-state index is 0.683. The van der Waals surface area contributed by atoms with Gasteiger partial charge >= 0.3 is 0 Å². The second-order valence-corrected chi connectivity index (χ2v) is 4.15. The van der Waals surface area contributed by atoms with E-state index in [2.05, 4.69) is 17.5 Å². The molecule has 15 heavy (non-hydrogen) atoms. The average molecular weight is 244 g/mol. The third kappa shape index (κ3) is 4.70. The van der Waals surface area contributed by atoms with Crippen LogP contribution in [0.15, 0.2) is 30.4 Å². The van der Waals surface area contributed by atoms with E-state index in [9.17, 15) is 0 Å². The molecule has 0 aromatic heterocycles. The lowest BCUT2D eigenvalue weighted by Gasteiger charge is -2.00. The molecule has 0 saturated carbocycles. The van der Waals surface area contributed by atoms with Gasteiger partial charge in [-0.05, 0) is 44.1 Å². The van der Waals surface area contributed by atoms with Gasteiger partial charge in [0.25, 0.3) is 0 Å². The van der Waals surface area contributed by atoms with Crippen LogP contribution in [0.3, 0.4) is 0 Å². The summed E-state index contributed by atoms with van der Waals surface area (Å²) in [5.41, 5.74) is 1.11. The van der Waals surface area contributed by atoms with Crippen molar-refractivity contribution in [2.45, 2.75) is 12.8 Å². The third-order valence-corrected chi connectivity index (χ3v) is 2.67. The summed E-state index contributed by atoms with van der Waals surface area (Å²) in [6.07, 6.45) is 6.19. The largest absolute Gasteiger partial charge is 0.319 e. The fraction of sp³-hybridized carbons (Fsp3) is 0.333. The van der Waals surface area contributed by atoms with Gasteiger partial charge in [-0.25, -0.2) is 0 Å². The van der Waals surface area contributed by atoms with E-state index in [0.29, 0.717) is 5.02 Å². The van der Waals surface area contributed by atoms with Crippen molar-refractivity contribution in [1.82, 2.24) is 5.32 Å². The molecule has 0 aliphatic carbocycles. The molecule has 0 amide bonds. The van der Waals surface area contributed by atoms with E-state index >= 15 is 0 Å². The van der Waals surface area contributed by atoms with Crippen LogP contribution in [-0.4, -0.2) is 13.6 Å². The Morgan fingerprint density at radius 3 is 2.73 bits per heavy atom. The number of allylic oxidation sites excluding steroid dienone is 1. The molecule has 82 valence electrons. The Labute approximate surface area is 101 Å². The number of benzene rings is 1. The predicted octanol–water partition coefficient (Wildman–Crippen LogP) is 3.70. The first-order valence-electron chi connectivity index (χ1n) is 4.97. The minimum atomic E-state index is 0.683. The van der Waals surface area contributed by atoms with Gasteiger partial charge in [-0.3, -0.25) is 0 Å². The standard InChI is InChI=1S/C12H15Cl2N/c1-15-8-4-2-3-5-10-6-7-11(13)9-12(10)14/h2-3,6-7,9,15H,4-5,8H2,1H3. The zero-order valence-electron chi connectivity index (χ0n) is 8.76. The summed E-state index contributed by atoms with van der Waals surface area (Å²) in [6, 6.07) is 5.61. The maximum Gasteiger partial charge on any atom is 0.0455 e. The van der Waals surface area contributed by atoms with Gasteiger partial charge in [0.05, 0.1) is 0 Å². The molecule has 1 nitrogen and oxygen atoms in total. The Bertz CT molecular complexity index is 334. The lowest BCUT2D eigenvalue weighted by Crippen LogP contribution is -2.05. The van der Waals surface area contributed by atoms with Crippen LogP contribution in [0.1, 0.15) is 12.0 Å². The summed E-state index contributed by atoms with van der Waals surface area (Å²) in [4.78, 5) is 0. The van der Waals surface area contributed by atoms with E-state index in [0.717, 1.165) is 30.0 Å². The van der Waals surface area contributed by atoms with E-state index in [-0.39, 0.29) is 0 Å². The van der Waals surface area contributed by atoms with Crippen molar-refractivity contribution >= 4 is 23.2 Å². The van der Waals surface area contributed by atoms with Crippen molar-refractivity contribution in [3.8, 4) is 0 Å². The quantitative estimate of drug-likeness (QED) is 0.615. The molecular formula is C12H15Cl2N. The second kappa shape index (κ2) is 6.89. The fourth-order valence-corrected chi connectivity index (χ4v) is 1.73. The summed E-state index contributed by atoms with van der Waals surface area (Å²) in [7, 11) is 1.95. The molecule has 0 saturated heterocycles. The van der Waals surface area contributed by atoms with Crippen LogP contribution in [0.2, 0.25) is 10.0 Å². The van der Waals surface area contributed by atoms with E-state index in [1.165, 1.54) is 0 Å².